The van der Waals surface area contributed by atoms with Gasteiger partial charge in [0.1, 0.15) is 11.6 Å². The van der Waals surface area contributed by atoms with Gasteiger partial charge in [-0.3, -0.25) is 4.79 Å². The zero-order chi connectivity index (χ0) is 10.1. The zero-order valence-electron chi connectivity index (χ0n) is 7.46. The molecule has 4 nitrogen and oxygen atoms in total. The number of aromatic nitrogens is 1. The van der Waals surface area contributed by atoms with Crippen molar-refractivity contribution in [3.05, 3.63) is 16.6 Å². The lowest BCUT2D eigenvalue weighted by Crippen LogP contribution is -2.14. The fraction of sp³-hybridized carbons (Fsp3) is 0.333. The average molecular weight is 256 g/mol. The summed E-state index contributed by atoms with van der Waals surface area (Å²) in [7, 11) is 0. The van der Waals surface area contributed by atoms with Gasteiger partial charge in [0.25, 0.3) is 0 Å². The molecule has 3 N–H and O–H groups in total. The number of pyridine rings is 1. The maximum atomic E-state index is 11.4. The fourth-order valence-corrected chi connectivity index (χ4v) is 1.61. The summed E-state index contributed by atoms with van der Waals surface area (Å²) in [5.74, 6) is 1.12. The van der Waals surface area contributed by atoms with Crippen LogP contribution in [0.25, 0.3) is 0 Å². The molecule has 5 heteroatoms. The molecule has 2 rings (SSSR count). The molecular formula is C9H10BrN3O. The number of carbonyl (C=O) groups excluding carboxylic acids is 1. The third-order valence-electron chi connectivity index (χ3n) is 2.01. The standard InChI is InChI=1S/C9H10BrN3O/c10-6-3-7(11)12-8(4-6)13-9(14)5-1-2-5/h3-5H,1-2H2,(H3,11,12,13,14). The molecule has 0 spiro atoms. The third-order valence-corrected chi connectivity index (χ3v) is 2.47. The summed E-state index contributed by atoms with van der Waals surface area (Å²) in [5.41, 5.74) is 5.53. The monoisotopic (exact) mass is 255 g/mol. The van der Waals surface area contributed by atoms with Crippen molar-refractivity contribution in [1.29, 1.82) is 0 Å². The van der Waals surface area contributed by atoms with E-state index in [0.717, 1.165) is 17.3 Å². The zero-order valence-corrected chi connectivity index (χ0v) is 9.04. The molecule has 1 saturated carbocycles. The van der Waals surface area contributed by atoms with Crippen LogP contribution in [0.1, 0.15) is 12.8 Å². The maximum Gasteiger partial charge on any atom is 0.228 e. The van der Waals surface area contributed by atoms with Gasteiger partial charge in [0.2, 0.25) is 5.91 Å². The van der Waals surface area contributed by atoms with Gasteiger partial charge in [-0.2, -0.15) is 0 Å². The van der Waals surface area contributed by atoms with Crippen LogP contribution in [0.2, 0.25) is 0 Å². The molecule has 1 aliphatic carbocycles. The first-order valence-corrected chi connectivity index (χ1v) is 5.18. The van der Waals surface area contributed by atoms with E-state index in [1.807, 2.05) is 0 Å². The summed E-state index contributed by atoms with van der Waals surface area (Å²) in [6.07, 6.45) is 1.96. The highest BCUT2D eigenvalue weighted by Crippen LogP contribution is 2.30. The summed E-state index contributed by atoms with van der Waals surface area (Å²) < 4.78 is 0.816. The van der Waals surface area contributed by atoms with Crippen LogP contribution in [0.15, 0.2) is 16.6 Å². The molecule has 0 bridgehead atoms. The van der Waals surface area contributed by atoms with Gasteiger partial charge < -0.3 is 11.1 Å². The van der Waals surface area contributed by atoms with Gasteiger partial charge in [-0.05, 0) is 25.0 Å². The Morgan fingerprint density at radius 1 is 1.57 bits per heavy atom. The van der Waals surface area contributed by atoms with E-state index in [2.05, 4.69) is 26.2 Å². The van der Waals surface area contributed by atoms with E-state index in [-0.39, 0.29) is 11.8 Å². The number of halogens is 1. The van der Waals surface area contributed by atoms with Gasteiger partial charge in [0, 0.05) is 10.4 Å². The minimum absolute atomic E-state index is 0.0370. The molecule has 0 saturated heterocycles. The van der Waals surface area contributed by atoms with E-state index in [1.165, 1.54) is 0 Å². The van der Waals surface area contributed by atoms with E-state index >= 15 is 0 Å². The van der Waals surface area contributed by atoms with Crippen LogP contribution in [0, 0.1) is 5.92 Å². The van der Waals surface area contributed by atoms with Gasteiger partial charge in [-0.25, -0.2) is 4.98 Å². The largest absolute Gasteiger partial charge is 0.384 e. The highest BCUT2D eigenvalue weighted by molar-refractivity contribution is 9.10. The summed E-state index contributed by atoms with van der Waals surface area (Å²) in [4.78, 5) is 15.4. The number of rotatable bonds is 2. The molecule has 1 heterocycles. The van der Waals surface area contributed by atoms with Crippen molar-refractivity contribution in [2.24, 2.45) is 5.92 Å². The second kappa shape index (κ2) is 3.57. The molecule has 1 amide bonds. The Morgan fingerprint density at radius 3 is 2.86 bits per heavy atom. The molecule has 1 aromatic rings. The number of amides is 1. The van der Waals surface area contributed by atoms with Crippen molar-refractivity contribution in [2.75, 3.05) is 11.1 Å². The van der Waals surface area contributed by atoms with Crippen molar-refractivity contribution >= 4 is 33.5 Å². The Balaban J connectivity index is 2.11. The molecule has 1 aliphatic rings. The van der Waals surface area contributed by atoms with Crippen LogP contribution >= 0.6 is 15.9 Å². The number of nitrogen functional groups attached to an aromatic ring is 1. The van der Waals surface area contributed by atoms with E-state index < -0.39 is 0 Å². The highest BCUT2D eigenvalue weighted by atomic mass is 79.9. The molecule has 74 valence electrons. The first kappa shape index (κ1) is 9.45. The molecule has 0 unspecified atom stereocenters. The molecule has 0 atom stereocenters. The van der Waals surface area contributed by atoms with Crippen molar-refractivity contribution in [3.63, 3.8) is 0 Å². The molecule has 0 radical (unpaired) electrons. The predicted molar refractivity (Wildman–Crippen MR) is 57.7 cm³/mol. The molecule has 0 aromatic carbocycles. The smallest absolute Gasteiger partial charge is 0.228 e. The van der Waals surface area contributed by atoms with Crippen LogP contribution in [0.3, 0.4) is 0 Å². The number of carbonyl (C=O) groups is 1. The normalized spacial score (nSPS) is 15.2. The Kier molecular flexibility index (Phi) is 2.41. The van der Waals surface area contributed by atoms with Crippen molar-refractivity contribution in [1.82, 2.24) is 4.98 Å². The van der Waals surface area contributed by atoms with E-state index in [9.17, 15) is 4.79 Å². The molecular weight excluding hydrogens is 246 g/mol. The topological polar surface area (TPSA) is 68.0 Å². The third kappa shape index (κ3) is 2.23. The van der Waals surface area contributed by atoms with Crippen LogP contribution in [0.5, 0.6) is 0 Å². The minimum Gasteiger partial charge on any atom is -0.384 e. The lowest BCUT2D eigenvalue weighted by atomic mass is 10.4. The fourth-order valence-electron chi connectivity index (χ4n) is 1.16. The first-order chi connectivity index (χ1) is 6.65. The average Bonchev–Trinajstić information content (AvgIpc) is 2.82. The van der Waals surface area contributed by atoms with E-state index in [4.69, 9.17) is 5.73 Å². The van der Waals surface area contributed by atoms with Crippen molar-refractivity contribution < 1.29 is 4.79 Å². The Hall–Kier alpha value is -1.10. The van der Waals surface area contributed by atoms with E-state index in [1.54, 1.807) is 12.1 Å². The molecule has 14 heavy (non-hydrogen) atoms. The SMILES string of the molecule is Nc1cc(Br)cc(NC(=O)C2CC2)n1. The van der Waals surface area contributed by atoms with Gasteiger partial charge in [0.15, 0.2) is 0 Å². The van der Waals surface area contributed by atoms with Gasteiger partial charge in [-0.1, -0.05) is 15.9 Å². The summed E-state index contributed by atoms with van der Waals surface area (Å²) in [5, 5.41) is 2.73. The van der Waals surface area contributed by atoms with Crippen LogP contribution in [-0.2, 0) is 4.79 Å². The van der Waals surface area contributed by atoms with Crippen LogP contribution in [-0.4, -0.2) is 10.9 Å². The number of anilines is 2. The summed E-state index contributed by atoms with van der Waals surface area (Å²) in [6, 6.07) is 3.42. The lowest BCUT2D eigenvalue weighted by molar-refractivity contribution is -0.117. The molecule has 0 aliphatic heterocycles. The Morgan fingerprint density at radius 2 is 2.29 bits per heavy atom. The summed E-state index contributed by atoms with van der Waals surface area (Å²) >= 11 is 3.28. The molecule has 1 aromatic heterocycles. The Bertz CT molecular complexity index is 356. The van der Waals surface area contributed by atoms with Crippen molar-refractivity contribution in [3.8, 4) is 0 Å². The number of hydrogen-bond acceptors (Lipinski definition) is 3. The van der Waals surface area contributed by atoms with E-state index in [0.29, 0.717) is 11.6 Å². The number of hydrogen-bond donors (Lipinski definition) is 2. The second-order valence-corrected chi connectivity index (χ2v) is 4.27. The lowest BCUT2D eigenvalue weighted by Gasteiger charge is -2.04. The number of nitrogens with zero attached hydrogens (tertiary/aromatic N) is 1. The van der Waals surface area contributed by atoms with Gasteiger partial charge in [0.05, 0.1) is 0 Å². The quantitative estimate of drug-likeness (QED) is 0.847. The first-order valence-electron chi connectivity index (χ1n) is 4.39. The molecule has 1 fully saturated rings. The Labute approximate surface area is 90.0 Å². The van der Waals surface area contributed by atoms with Crippen LogP contribution < -0.4 is 11.1 Å². The van der Waals surface area contributed by atoms with Crippen molar-refractivity contribution in [2.45, 2.75) is 12.8 Å². The summed E-state index contributed by atoms with van der Waals surface area (Å²) in [6.45, 7) is 0. The van der Waals surface area contributed by atoms with Gasteiger partial charge >= 0.3 is 0 Å². The highest BCUT2D eigenvalue weighted by Gasteiger charge is 2.29. The predicted octanol–water partition coefficient (Wildman–Crippen LogP) is 1.77. The van der Waals surface area contributed by atoms with Crippen LogP contribution in [0.4, 0.5) is 11.6 Å². The maximum absolute atomic E-state index is 11.4. The minimum atomic E-state index is 0.0370. The number of nitrogens with one attached hydrogen (secondary N) is 1. The second-order valence-electron chi connectivity index (χ2n) is 3.36. The number of nitrogens with two attached hydrogens (primary N) is 1. The van der Waals surface area contributed by atoms with Gasteiger partial charge in [-0.15, -0.1) is 0 Å².